The first-order chi connectivity index (χ1) is 8.51. The Kier molecular flexibility index (Phi) is 3.71. The van der Waals surface area contributed by atoms with Gasteiger partial charge in [0.2, 0.25) is 5.91 Å². The molecule has 2 rings (SSSR count). The van der Waals surface area contributed by atoms with Gasteiger partial charge in [-0.15, -0.1) is 0 Å². The van der Waals surface area contributed by atoms with Crippen LogP contribution in [0.4, 0.5) is 5.69 Å². The summed E-state index contributed by atoms with van der Waals surface area (Å²) in [5.41, 5.74) is 3.14. The standard InChI is InChI=1S/C15H22N2O/c1-11-4-5-13(10-12(11)2)17-14(18)15(3)6-8-16-9-7-15/h4-5,10,16H,6-9H2,1-3H3,(H,17,18). The van der Waals surface area contributed by atoms with Crippen LogP contribution in [-0.2, 0) is 4.79 Å². The van der Waals surface area contributed by atoms with Crippen LogP contribution in [0.15, 0.2) is 18.2 Å². The van der Waals surface area contributed by atoms with Gasteiger partial charge in [0.1, 0.15) is 0 Å². The van der Waals surface area contributed by atoms with E-state index in [1.807, 2.05) is 12.1 Å². The lowest BCUT2D eigenvalue weighted by molar-refractivity contribution is -0.126. The fourth-order valence-electron chi connectivity index (χ4n) is 2.31. The Morgan fingerprint density at radius 3 is 2.50 bits per heavy atom. The van der Waals surface area contributed by atoms with Gasteiger partial charge in [0.15, 0.2) is 0 Å². The molecule has 2 N–H and O–H groups in total. The molecule has 0 aliphatic carbocycles. The number of carbonyl (C=O) groups is 1. The summed E-state index contributed by atoms with van der Waals surface area (Å²) >= 11 is 0. The van der Waals surface area contributed by atoms with Crippen LogP contribution < -0.4 is 10.6 Å². The molecule has 0 unspecified atom stereocenters. The highest BCUT2D eigenvalue weighted by atomic mass is 16.2. The van der Waals surface area contributed by atoms with Crippen LogP contribution in [0.5, 0.6) is 0 Å². The monoisotopic (exact) mass is 246 g/mol. The van der Waals surface area contributed by atoms with E-state index in [4.69, 9.17) is 0 Å². The van der Waals surface area contributed by atoms with Crippen LogP contribution in [0.3, 0.4) is 0 Å². The summed E-state index contributed by atoms with van der Waals surface area (Å²) in [6, 6.07) is 6.07. The first-order valence-corrected chi connectivity index (χ1v) is 6.61. The SMILES string of the molecule is Cc1ccc(NC(=O)C2(C)CCNCC2)cc1C. The van der Waals surface area contributed by atoms with Gasteiger partial charge in [0, 0.05) is 11.1 Å². The smallest absolute Gasteiger partial charge is 0.230 e. The summed E-state index contributed by atoms with van der Waals surface area (Å²) < 4.78 is 0. The Hall–Kier alpha value is -1.35. The second kappa shape index (κ2) is 5.11. The van der Waals surface area contributed by atoms with Crippen molar-refractivity contribution in [3.63, 3.8) is 0 Å². The first-order valence-electron chi connectivity index (χ1n) is 6.61. The fraction of sp³-hybridized carbons (Fsp3) is 0.533. The van der Waals surface area contributed by atoms with Crippen molar-refractivity contribution in [2.24, 2.45) is 5.41 Å². The minimum atomic E-state index is -0.232. The third-order valence-electron chi connectivity index (χ3n) is 4.02. The number of rotatable bonds is 2. The molecule has 1 aromatic rings. The van der Waals surface area contributed by atoms with E-state index in [1.54, 1.807) is 0 Å². The van der Waals surface area contributed by atoms with E-state index in [9.17, 15) is 4.79 Å². The molecule has 0 radical (unpaired) electrons. The molecular weight excluding hydrogens is 224 g/mol. The van der Waals surface area contributed by atoms with Gasteiger partial charge in [-0.3, -0.25) is 4.79 Å². The van der Waals surface area contributed by atoms with Crippen molar-refractivity contribution in [1.29, 1.82) is 0 Å². The lowest BCUT2D eigenvalue weighted by Gasteiger charge is -2.32. The highest BCUT2D eigenvalue weighted by Gasteiger charge is 2.34. The number of anilines is 1. The first kappa shape index (κ1) is 13.1. The summed E-state index contributed by atoms with van der Waals surface area (Å²) in [6.07, 6.45) is 1.81. The van der Waals surface area contributed by atoms with E-state index in [0.717, 1.165) is 31.6 Å². The fourth-order valence-corrected chi connectivity index (χ4v) is 2.31. The Morgan fingerprint density at radius 1 is 1.22 bits per heavy atom. The van der Waals surface area contributed by atoms with Crippen LogP contribution >= 0.6 is 0 Å². The summed E-state index contributed by atoms with van der Waals surface area (Å²) in [5, 5.41) is 6.35. The molecule has 1 aliphatic heterocycles. The number of carbonyl (C=O) groups excluding carboxylic acids is 1. The molecule has 18 heavy (non-hydrogen) atoms. The number of hydrogen-bond donors (Lipinski definition) is 2. The van der Waals surface area contributed by atoms with E-state index in [2.05, 4.69) is 37.5 Å². The van der Waals surface area contributed by atoms with E-state index in [-0.39, 0.29) is 11.3 Å². The van der Waals surface area contributed by atoms with Crippen molar-refractivity contribution in [2.45, 2.75) is 33.6 Å². The number of benzene rings is 1. The zero-order valence-electron chi connectivity index (χ0n) is 11.5. The van der Waals surface area contributed by atoms with Crippen LogP contribution in [0.2, 0.25) is 0 Å². The third-order valence-corrected chi connectivity index (χ3v) is 4.02. The Labute approximate surface area is 109 Å². The molecule has 0 saturated carbocycles. The molecule has 1 aromatic carbocycles. The number of amides is 1. The van der Waals surface area contributed by atoms with E-state index in [0.29, 0.717) is 0 Å². The molecular formula is C15H22N2O. The van der Waals surface area contributed by atoms with Gasteiger partial charge in [-0.05, 0) is 63.0 Å². The predicted molar refractivity (Wildman–Crippen MR) is 74.8 cm³/mol. The molecule has 1 saturated heterocycles. The van der Waals surface area contributed by atoms with Crippen molar-refractivity contribution in [3.05, 3.63) is 29.3 Å². The van der Waals surface area contributed by atoms with Gasteiger partial charge in [0.05, 0.1) is 0 Å². The molecule has 0 bridgehead atoms. The molecule has 98 valence electrons. The van der Waals surface area contributed by atoms with Crippen molar-refractivity contribution in [2.75, 3.05) is 18.4 Å². The molecule has 0 atom stereocenters. The number of piperidine rings is 1. The predicted octanol–water partition coefficient (Wildman–Crippen LogP) is 2.63. The summed E-state index contributed by atoms with van der Waals surface area (Å²) in [4.78, 5) is 12.3. The third kappa shape index (κ3) is 2.72. The normalized spacial score (nSPS) is 18.4. The average molecular weight is 246 g/mol. The molecule has 1 amide bonds. The second-order valence-corrected chi connectivity index (χ2v) is 5.56. The van der Waals surface area contributed by atoms with Gasteiger partial charge < -0.3 is 10.6 Å². The number of hydrogen-bond acceptors (Lipinski definition) is 2. The van der Waals surface area contributed by atoms with Crippen LogP contribution in [0.25, 0.3) is 0 Å². The molecule has 1 heterocycles. The zero-order valence-corrected chi connectivity index (χ0v) is 11.5. The maximum atomic E-state index is 12.3. The Morgan fingerprint density at radius 2 is 1.89 bits per heavy atom. The quantitative estimate of drug-likeness (QED) is 0.842. The average Bonchev–Trinajstić information content (AvgIpc) is 2.35. The molecule has 1 aliphatic rings. The summed E-state index contributed by atoms with van der Waals surface area (Å²) in [6.45, 7) is 8.06. The van der Waals surface area contributed by atoms with Gasteiger partial charge in [-0.1, -0.05) is 13.0 Å². The largest absolute Gasteiger partial charge is 0.326 e. The van der Waals surface area contributed by atoms with Crippen LogP contribution in [-0.4, -0.2) is 19.0 Å². The minimum absolute atomic E-state index is 0.146. The van der Waals surface area contributed by atoms with Gasteiger partial charge >= 0.3 is 0 Å². The summed E-state index contributed by atoms with van der Waals surface area (Å²) in [5.74, 6) is 0.146. The second-order valence-electron chi connectivity index (χ2n) is 5.56. The van der Waals surface area contributed by atoms with E-state index < -0.39 is 0 Å². The maximum absolute atomic E-state index is 12.3. The number of aryl methyl sites for hydroxylation is 2. The van der Waals surface area contributed by atoms with Crippen LogP contribution in [0.1, 0.15) is 30.9 Å². The van der Waals surface area contributed by atoms with Crippen molar-refractivity contribution < 1.29 is 4.79 Å². The van der Waals surface area contributed by atoms with Crippen molar-refractivity contribution >= 4 is 11.6 Å². The van der Waals surface area contributed by atoms with Crippen molar-refractivity contribution in [1.82, 2.24) is 5.32 Å². The molecule has 3 heteroatoms. The summed E-state index contributed by atoms with van der Waals surface area (Å²) in [7, 11) is 0. The molecule has 1 fully saturated rings. The highest BCUT2D eigenvalue weighted by Crippen LogP contribution is 2.29. The maximum Gasteiger partial charge on any atom is 0.230 e. The van der Waals surface area contributed by atoms with Gasteiger partial charge in [0.25, 0.3) is 0 Å². The zero-order chi connectivity index (χ0) is 13.2. The Bertz CT molecular complexity index is 448. The lowest BCUT2D eigenvalue weighted by Crippen LogP contribution is -2.42. The lowest BCUT2D eigenvalue weighted by atomic mass is 9.80. The van der Waals surface area contributed by atoms with Crippen LogP contribution in [0, 0.1) is 19.3 Å². The molecule has 3 nitrogen and oxygen atoms in total. The molecule has 0 spiro atoms. The van der Waals surface area contributed by atoms with Crippen molar-refractivity contribution in [3.8, 4) is 0 Å². The van der Waals surface area contributed by atoms with E-state index >= 15 is 0 Å². The van der Waals surface area contributed by atoms with Gasteiger partial charge in [-0.2, -0.15) is 0 Å². The Balaban J connectivity index is 2.08. The van der Waals surface area contributed by atoms with Gasteiger partial charge in [-0.25, -0.2) is 0 Å². The highest BCUT2D eigenvalue weighted by molar-refractivity contribution is 5.95. The molecule has 0 aromatic heterocycles. The van der Waals surface area contributed by atoms with E-state index in [1.165, 1.54) is 11.1 Å². The number of nitrogens with one attached hydrogen (secondary N) is 2. The topological polar surface area (TPSA) is 41.1 Å². The minimum Gasteiger partial charge on any atom is -0.326 e.